The Morgan fingerprint density at radius 2 is 1.82 bits per heavy atom. The van der Waals surface area contributed by atoms with E-state index in [-0.39, 0.29) is 10.9 Å². The molecular weight excluding hydrogens is 395 g/mol. The van der Waals surface area contributed by atoms with Crippen molar-refractivity contribution in [3.05, 3.63) is 81.3 Å². The van der Waals surface area contributed by atoms with Crippen molar-refractivity contribution in [3.8, 4) is 11.5 Å². The first-order valence-corrected chi connectivity index (χ1v) is 9.41. The van der Waals surface area contributed by atoms with Crippen LogP contribution in [0.15, 0.2) is 59.0 Å². The molecule has 6 heteroatoms. The summed E-state index contributed by atoms with van der Waals surface area (Å²) in [6.07, 6.45) is 0. The van der Waals surface area contributed by atoms with Gasteiger partial charge in [0.25, 0.3) is 5.91 Å². The van der Waals surface area contributed by atoms with Crippen LogP contribution in [-0.2, 0) is 0 Å². The molecule has 0 unspecified atom stereocenters. The van der Waals surface area contributed by atoms with Crippen molar-refractivity contribution in [2.24, 2.45) is 0 Å². The summed E-state index contributed by atoms with van der Waals surface area (Å²) in [6.45, 7) is 4.02. The van der Waals surface area contributed by atoms with Crippen LogP contribution in [0.1, 0.15) is 21.5 Å². The Morgan fingerprint density at radius 1 is 1.04 bits per heavy atom. The van der Waals surface area contributed by atoms with Gasteiger partial charge in [-0.2, -0.15) is 0 Å². The van der Waals surface area contributed by atoms with Gasteiger partial charge in [0.15, 0.2) is 5.58 Å². The molecule has 0 aliphatic rings. The molecule has 4 aromatic rings. The predicted octanol–water partition coefficient (Wildman–Crippen LogP) is 6.67. The summed E-state index contributed by atoms with van der Waals surface area (Å²) in [5.41, 5.74) is 5.43. The number of carbonyl (C=O) groups is 1. The van der Waals surface area contributed by atoms with E-state index in [4.69, 9.17) is 27.6 Å². The number of benzene rings is 3. The van der Waals surface area contributed by atoms with Gasteiger partial charge in [-0.1, -0.05) is 41.4 Å². The molecule has 0 fully saturated rings. The third-order valence-corrected chi connectivity index (χ3v) is 5.20. The summed E-state index contributed by atoms with van der Waals surface area (Å²) in [4.78, 5) is 17.2. The highest BCUT2D eigenvalue weighted by atomic mass is 35.5. The van der Waals surface area contributed by atoms with E-state index in [9.17, 15) is 4.79 Å². The van der Waals surface area contributed by atoms with Gasteiger partial charge in [-0.25, -0.2) is 4.98 Å². The zero-order valence-electron chi connectivity index (χ0n) is 15.2. The monoisotopic (exact) mass is 410 g/mol. The number of anilines is 1. The topological polar surface area (TPSA) is 55.1 Å². The van der Waals surface area contributed by atoms with Gasteiger partial charge in [0, 0.05) is 11.3 Å². The second-order valence-electron chi connectivity index (χ2n) is 6.59. The van der Waals surface area contributed by atoms with E-state index < -0.39 is 0 Å². The maximum Gasteiger partial charge on any atom is 0.257 e. The number of nitrogens with zero attached hydrogens (tertiary/aromatic N) is 1. The van der Waals surface area contributed by atoms with Crippen LogP contribution in [0.25, 0.3) is 22.6 Å². The molecule has 4 nitrogen and oxygen atoms in total. The summed E-state index contributed by atoms with van der Waals surface area (Å²) < 4.78 is 5.96. The minimum atomic E-state index is -0.339. The fourth-order valence-electron chi connectivity index (χ4n) is 3.11. The Morgan fingerprint density at radius 3 is 2.64 bits per heavy atom. The molecule has 4 rings (SSSR count). The minimum Gasteiger partial charge on any atom is -0.436 e. The molecule has 1 amide bonds. The number of amides is 1. The van der Waals surface area contributed by atoms with Crippen molar-refractivity contribution in [3.63, 3.8) is 0 Å². The molecule has 0 radical (unpaired) electrons. The van der Waals surface area contributed by atoms with Crippen molar-refractivity contribution >= 4 is 45.9 Å². The van der Waals surface area contributed by atoms with Crippen molar-refractivity contribution in [1.82, 2.24) is 4.98 Å². The van der Waals surface area contributed by atoms with E-state index in [1.165, 1.54) is 0 Å². The molecule has 0 spiro atoms. The van der Waals surface area contributed by atoms with Gasteiger partial charge < -0.3 is 9.73 Å². The van der Waals surface area contributed by atoms with Crippen LogP contribution < -0.4 is 5.32 Å². The normalized spacial score (nSPS) is 11.0. The Bertz CT molecular complexity index is 1210. The van der Waals surface area contributed by atoms with Gasteiger partial charge in [-0.05, 0) is 61.4 Å². The quantitative estimate of drug-likeness (QED) is 0.410. The first kappa shape index (κ1) is 18.5. The van der Waals surface area contributed by atoms with Crippen molar-refractivity contribution in [2.75, 3.05) is 5.32 Å². The smallest absolute Gasteiger partial charge is 0.257 e. The molecule has 0 saturated heterocycles. The predicted molar refractivity (Wildman–Crippen MR) is 113 cm³/mol. The fraction of sp³-hybridized carbons (Fsp3) is 0.0909. The molecule has 1 aromatic heterocycles. The van der Waals surface area contributed by atoms with E-state index in [1.54, 1.807) is 24.3 Å². The van der Waals surface area contributed by atoms with Gasteiger partial charge in [-0.15, -0.1) is 0 Å². The highest BCUT2D eigenvalue weighted by Crippen LogP contribution is 2.30. The number of nitrogens with one attached hydrogen (secondary N) is 1. The number of hydrogen-bond acceptors (Lipinski definition) is 3. The third kappa shape index (κ3) is 3.49. The highest BCUT2D eigenvalue weighted by Gasteiger charge is 2.15. The Labute approximate surface area is 172 Å². The highest BCUT2D eigenvalue weighted by molar-refractivity contribution is 6.44. The van der Waals surface area contributed by atoms with E-state index in [1.807, 2.05) is 38.1 Å². The van der Waals surface area contributed by atoms with E-state index in [2.05, 4.69) is 16.4 Å². The number of halogens is 2. The van der Waals surface area contributed by atoms with Gasteiger partial charge in [-0.3, -0.25) is 4.79 Å². The van der Waals surface area contributed by atoms with Crippen LogP contribution in [0.4, 0.5) is 5.69 Å². The van der Waals surface area contributed by atoms with Crippen LogP contribution in [0, 0.1) is 13.8 Å². The first-order valence-electron chi connectivity index (χ1n) is 8.66. The molecule has 140 valence electrons. The lowest BCUT2D eigenvalue weighted by Crippen LogP contribution is -2.12. The Hall–Kier alpha value is -2.82. The van der Waals surface area contributed by atoms with Gasteiger partial charge in [0.05, 0.1) is 15.6 Å². The molecule has 0 aliphatic heterocycles. The second-order valence-corrected chi connectivity index (χ2v) is 7.37. The number of aromatic nitrogens is 1. The second kappa shape index (κ2) is 7.30. The fourth-order valence-corrected chi connectivity index (χ4v) is 3.49. The summed E-state index contributed by atoms with van der Waals surface area (Å²) in [6, 6.07) is 16.3. The van der Waals surface area contributed by atoms with Crippen LogP contribution in [-0.4, -0.2) is 10.9 Å². The van der Waals surface area contributed by atoms with Crippen LogP contribution >= 0.6 is 23.2 Å². The molecule has 0 saturated carbocycles. The molecule has 0 aliphatic carbocycles. The maximum atomic E-state index is 12.6. The van der Waals surface area contributed by atoms with Crippen molar-refractivity contribution in [2.45, 2.75) is 13.8 Å². The number of oxazole rings is 1. The zero-order chi connectivity index (χ0) is 19.8. The molecule has 0 atom stereocenters. The number of aryl methyl sites for hydroxylation is 2. The molecule has 1 N–H and O–H groups in total. The number of rotatable bonds is 3. The van der Waals surface area contributed by atoms with Crippen LogP contribution in [0.3, 0.4) is 0 Å². The van der Waals surface area contributed by atoms with Gasteiger partial charge in [0.2, 0.25) is 5.89 Å². The van der Waals surface area contributed by atoms with E-state index in [0.717, 1.165) is 27.8 Å². The maximum absolute atomic E-state index is 12.6. The largest absolute Gasteiger partial charge is 0.436 e. The summed E-state index contributed by atoms with van der Waals surface area (Å²) in [7, 11) is 0. The Balaban J connectivity index is 1.66. The minimum absolute atomic E-state index is 0.225. The lowest BCUT2D eigenvalue weighted by molar-refractivity contribution is 0.102. The third-order valence-electron chi connectivity index (χ3n) is 4.38. The van der Waals surface area contributed by atoms with Crippen molar-refractivity contribution in [1.29, 1.82) is 0 Å². The van der Waals surface area contributed by atoms with E-state index in [0.29, 0.717) is 22.2 Å². The average molecular weight is 411 g/mol. The number of carbonyl (C=O) groups excluding carboxylic acids is 1. The zero-order valence-corrected chi connectivity index (χ0v) is 16.7. The molecular formula is C22H16Cl2N2O2. The lowest BCUT2D eigenvalue weighted by atomic mass is 10.1. The summed E-state index contributed by atoms with van der Waals surface area (Å²) >= 11 is 12.1. The van der Waals surface area contributed by atoms with Gasteiger partial charge >= 0.3 is 0 Å². The summed E-state index contributed by atoms with van der Waals surface area (Å²) in [5.74, 6) is 0.161. The Kier molecular flexibility index (Phi) is 4.84. The van der Waals surface area contributed by atoms with Crippen LogP contribution in [0.5, 0.6) is 0 Å². The van der Waals surface area contributed by atoms with Crippen molar-refractivity contribution < 1.29 is 9.21 Å². The molecule has 3 aromatic carbocycles. The standard InChI is InChI=1S/C22H16Cl2N2O2/c1-12-9-13(2)20-18(10-12)26-22(28-20)14-5-3-6-15(11-14)25-21(27)16-7-4-8-17(23)19(16)24/h3-11H,1-2H3,(H,25,27). The average Bonchev–Trinajstić information content (AvgIpc) is 3.08. The summed E-state index contributed by atoms with van der Waals surface area (Å²) in [5, 5.41) is 3.40. The number of hydrogen-bond donors (Lipinski definition) is 1. The SMILES string of the molecule is Cc1cc(C)c2oc(-c3cccc(NC(=O)c4cccc(Cl)c4Cl)c3)nc2c1. The molecule has 28 heavy (non-hydrogen) atoms. The van der Waals surface area contributed by atoms with Gasteiger partial charge in [0.1, 0.15) is 5.52 Å². The van der Waals surface area contributed by atoms with Crippen LogP contribution in [0.2, 0.25) is 10.0 Å². The first-order chi connectivity index (χ1) is 13.4. The molecule has 0 bridgehead atoms. The lowest BCUT2D eigenvalue weighted by Gasteiger charge is -2.08. The molecule has 1 heterocycles. The number of fused-ring (bicyclic) bond motifs is 1. The van der Waals surface area contributed by atoms with E-state index >= 15 is 0 Å².